The Morgan fingerprint density at radius 2 is 1.06 bits per heavy atom. The average molecular weight is 601 g/mol. The van der Waals surface area contributed by atoms with Crippen molar-refractivity contribution < 1.29 is 4.42 Å². The normalized spacial score (nSPS) is 11.8. The van der Waals surface area contributed by atoms with Gasteiger partial charge in [0.25, 0.3) is 0 Å². The lowest BCUT2D eigenvalue weighted by atomic mass is 9.93. The lowest BCUT2D eigenvalue weighted by molar-refractivity contribution is 0.668. The van der Waals surface area contributed by atoms with E-state index in [0.29, 0.717) is 23.2 Å². The van der Waals surface area contributed by atoms with Crippen molar-refractivity contribution in [3.8, 4) is 34.3 Å². The van der Waals surface area contributed by atoms with Gasteiger partial charge in [-0.3, -0.25) is 4.98 Å². The molecule has 0 aliphatic carbocycles. The van der Waals surface area contributed by atoms with E-state index in [2.05, 4.69) is 115 Å². The van der Waals surface area contributed by atoms with Crippen LogP contribution in [0.3, 0.4) is 0 Å². The average Bonchev–Trinajstić information content (AvgIpc) is 3.53. The van der Waals surface area contributed by atoms with Crippen molar-refractivity contribution >= 4 is 65.0 Å². The fourth-order valence-electron chi connectivity index (χ4n) is 6.96. The molecular formula is C42H24N4O. The Balaban J connectivity index is 1.30. The molecule has 0 N–H and O–H groups in total. The minimum atomic E-state index is 0.498. The highest BCUT2D eigenvalue weighted by atomic mass is 16.3. The summed E-state index contributed by atoms with van der Waals surface area (Å²) < 4.78 is 6.22. The van der Waals surface area contributed by atoms with Crippen LogP contribution in [0.4, 0.5) is 0 Å². The van der Waals surface area contributed by atoms with Gasteiger partial charge in [0.1, 0.15) is 16.9 Å². The molecule has 0 spiro atoms. The maximum absolute atomic E-state index is 6.22. The van der Waals surface area contributed by atoms with Crippen LogP contribution in [-0.2, 0) is 0 Å². The van der Waals surface area contributed by atoms with E-state index in [1.807, 2.05) is 24.3 Å². The van der Waals surface area contributed by atoms with Crippen molar-refractivity contribution in [2.45, 2.75) is 0 Å². The molecule has 0 saturated carbocycles. The van der Waals surface area contributed by atoms with E-state index in [0.717, 1.165) is 60.0 Å². The number of pyridine rings is 1. The summed E-state index contributed by atoms with van der Waals surface area (Å²) in [6.45, 7) is 0. The SMILES string of the molecule is c1ccc2cc(-c3nc(-c4cc5ccc6ccccc6c5c5ccccc45)nc(-c4nccc5oc6ccccc6c45)n3)ccc2c1. The third kappa shape index (κ3) is 4.03. The van der Waals surface area contributed by atoms with Gasteiger partial charge in [0.05, 0.1) is 5.39 Å². The summed E-state index contributed by atoms with van der Waals surface area (Å²) in [6.07, 6.45) is 1.76. The van der Waals surface area contributed by atoms with Crippen molar-refractivity contribution in [1.29, 1.82) is 0 Å². The molecule has 47 heavy (non-hydrogen) atoms. The van der Waals surface area contributed by atoms with E-state index in [9.17, 15) is 0 Å². The summed E-state index contributed by atoms with van der Waals surface area (Å²) >= 11 is 0. The topological polar surface area (TPSA) is 64.7 Å². The summed E-state index contributed by atoms with van der Waals surface area (Å²) in [4.78, 5) is 20.3. The highest BCUT2D eigenvalue weighted by molar-refractivity contribution is 6.23. The molecule has 0 bridgehead atoms. The number of fused-ring (bicyclic) bond motifs is 9. The Bertz CT molecular complexity index is 2870. The molecule has 0 saturated heterocycles. The second-order valence-corrected chi connectivity index (χ2v) is 11.9. The first-order valence-electron chi connectivity index (χ1n) is 15.6. The first-order chi connectivity index (χ1) is 23.3. The van der Waals surface area contributed by atoms with Gasteiger partial charge >= 0.3 is 0 Å². The van der Waals surface area contributed by atoms with Crippen molar-refractivity contribution in [1.82, 2.24) is 19.9 Å². The van der Waals surface area contributed by atoms with Crippen LogP contribution in [0, 0.1) is 0 Å². The zero-order valence-corrected chi connectivity index (χ0v) is 25.1. The molecule has 0 amide bonds. The van der Waals surface area contributed by atoms with Crippen LogP contribution in [0.1, 0.15) is 0 Å². The summed E-state index contributed by atoms with van der Waals surface area (Å²) in [5.41, 5.74) is 4.06. The number of aromatic nitrogens is 4. The Morgan fingerprint density at radius 3 is 1.96 bits per heavy atom. The molecule has 10 rings (SSSR count). The molecule has 218 valence electrons. The van der Waals surface area contributed by atoms with Gasteiger partial charge in [0.2, 0.25) is 0 Å². The predicted octanol–water partition coefficient (Wildman–Crippen LogP) is 10.8. The molecule has 5 heteroatoms. The summed E-state index contributed by atoms with van der Waals surface area (Å²) in [5.74, 6) is 1.68. The quantitative estimate of drug-likeness (QED) is 0.189. The Morgan fingerprint density at radius 1 is 0.404 bits per heavy atom. The first-order valence-corrected chi connectivity index (χ1v) is 15.6. The minimum absolute atomic E-state index is 0.498. The zero-order chi connectivity index (χ0) is 30.9. The van der Waals surface area contributed by atoms with Crippen LogP contribution in [0.15, 0.2) is 150 Å². The van der Waals surface area contributed by atoms with Crippen molar-refractivity contribution in [2.24, 2.45) is 0 Å². The smallest absolute Gasteiger partial charge is 0.183 e. The summed E-state index contributed by atoms with van der Waals surface area (Å²) in [7, 11) is 0. The number of furan rings is 1. The fraction of sp³-hybridized carbons (Fsp3) is 0. The van der Waals surface area contributed by atoms with E-state index in [4.69, 9.17) is 24.4 Å². The van der Waals surface area contributed by atoms with Gasteiger partial charge in [0.15, 0.2) is 17.5 Å². The van der Waals surface area contributed by atoms with E-state index in [-0.39, 0.29) is 0 Å². The monoisotopic (exact) mass is 600 g/mol. The molecule has 10 aromatic rings. The van der Waals surface area contributed by atoms with Crippen LogP contribution >= 0.6 is 0 Å². The standard InChI is InChI=1S/C42H24N4O/c1-2-11-27-23-29(20-17-25(27)9-1)40-44-41(46-42(45-40)39-38-33-15-7-8-16-35(33)47-36(38)21-22-43-39)34-24-28-19-18-26-10-3-4-12-30(26)37(28)32-14-6-5-13-31(32)34/h1-24H. The highest BCUT2D eigenvalue weighted by Gasteiger charge is 2.20. The lowest BCUT2D eigenvalue weighted by Gasteiger charge is -2.14. The molecule has 0 radical (unpaired) electrons. The van der Waals surface area contributed by atoms with E-state index < -0.39 is 0 Å². The summed E-state index contributed by atoms with van der Waals surface area (Å²) in [5, 5.41) is 11.2. The van der Waals surface area contributed by atoms with Crippen LogP contribution in [0.2, 0.25) is 0 Å². The van der Waals surface area contributed by atoms with Gasteiger partial charge in [-0.1, -0.05) is 115 Å². The van der Waals surface area contributed by atoms with Crippen LogP contribution < -0.4 is 0 Å². The second-order valence-electron chi connectivity index (χ2n) is 11.9. The molecule has 0 atom stereocenters. The number of hydrogen-bond acceptors (Lipinski definition) is 5. The number of para-hydroxylation sites is 1. The largest absolute Gasteiger partial charge is 0.456 e. The highest BCUT2D eigenvalue weighted by Crippen LogP contribution is 2.39. The molecule has 5 nitrogen and oxygen atoms in total. The first kappa shape index (κ1) is 25.8. The number of benzene rings is 7. The molecule has 0 aliphatic heterocycles. The Hall–Kier alpha value is -6.46. The van der Waals surface area contributed by atoms with E-state index in [1.54, 1.807) is 6.20 Å². The summed E-state index contributed by atoms with van der Waals surface area (Å²) in [6, 6.07) is 48.3. The molecule has 3 heterocycles. The van der Waals surface area contributed by atoms with Crippen molar-refractivity contribution in [3.05, 3.63) is 146 Å². The Kier molecular flexibility index (Phi) is 5.51. The third-order valence-electron chi connectivity index (χ3n) is 9.13. The fourth-order valence-corrected chi connectivity index (χ4v) is 6.96. The molecule has 0 fully saturated rings. The van der Waals surface area contributed by atoms with Crippen LogP contribution in [-0.4, -0.2) is 19.9 Å². The maximum Gasteiger partial charge on any atom is 0.183 e. The second kappa shape index (κ2) is 10.0. The van der Waals surface area contributed by atoms with Gasteiger partial charge in [-0.2, -0.15) is 0 Å². The van der Waals surface area contributed by atoms with Gasteiger partial charge in [-0.15, -0.1) is 0 Å². The number of nitrogens with zero attached hydrogens (tertiary/aromatic N) is 4. The molecule has 7 aromatic carbocycles. The number of rotatable bonds is 3. The zero-order valence-electron chi connectivity index (χ0n) is 25.1. The van der Waals surface area contributed by atoms with E-state index >= 15 is 0 Å². The van der Waals surface area contributed by atoms with Gasteiger partial charge in [0, 0.05) is 22.7 Å². The predicted molar refractivity (Wildman–Crippen MR) is 191 cm³/mol. The minimum Gasteiger partial charge on any atom is -0.456 e. The molecule has 0 aliphatic rings. The van der Waals surface area contributed by atoms with Gasteiger partial charge in [-0.25, -0.2) is 15.0 Å². The molecule has 0 unspecified atom stereocenters. The van der Waals surface area contributed by atoms with Crippen molar-refractivity contribution in [2.75, 3.05) is 0 Å². The molecular weight excluding hydrogens is 576 g/mol. The van der Waals surface area contributed by atoms with Gasteiger partial charge in [-0.05, 0) is 67.4 Å². The van der Waals surface area contributed by atoms with Crippen LogP contribution in [0.5, 0.6) is 0 Å². The third-order valence-corrected chi connectivity index (χ3v) is 9.13. The lowest BCUT2D eigenvalue weighted by Crippen LogP contribution is -2.02. The maximum atomic E-state index is 6.22. The molecule has 3 aromatic heterocycles. The Labute approximate surface area is 268 Å². The van der Waals surface area contributed by atoms with E-state index in [1.165, 1.54) is 16.2 Å². The van der Waals surface area contributed by atoms with Gasteiger partial charge < -0.3 is 4.42 Å². The number of hydrogen-bond donors (Lipinski definition) is 0. The van der Waals surface area contributed by atoms with Crippen LogP contribution in [0.25, 0.3) is 99.3 Å². The van der Waals surface area contributed by atoms with Crippen molar-refractivity contribution in [3.63, 3.8) is 0 Å².